The fourth-order valence-electron chi connectivity index (χ4n) is 1.74. The lowest BCUT2D eigenvalue weighted by Gasteiger charge is -2.16. The minimum absolute atomic E-state index is 0.321. The lowest BCUT2D eigenvalue weighted by Crippen LogP contribution is -2.19. The molecule has 0 saturated carbocycles. The second-order valence-corrected chi connectivity index (χ2v) is 11.0. The summed E-state index contributed by atoms with van der Waals surface area (Å²) in [6.45, 7) is 9.15. The van der Waals surface area contributed by atoms with Gasteiger partial charge in [0.1, 0.15) is 0 Å². The molecular formula is C13H26O2Si. The average molecular weight is 242 g/mol. The minimum atomic E-state index is -1.04. The summed E-state index contributed by atoms with van der Waals surface area (Å²) in [5.41, 5.74) is 1.32. The maximum absolute atomic E-state index is 9.78. The van der Waals surface area contributed by atoms with Crippen molar-refractivity contribution in [2.24, 2.45) is 0 Å². The van der Waals surface area contributed by atoms with Crippen LogP contribution >= 0.6 is 0 Å². The van der Waals surface area contributed by atoms with Gasteiger partial charge < -0.3 is 9.84 Å². The summed E-state index contributed by atoms with van der Waals surface area (Å²) in [7, 11) is 0.585. The van der Waals surface area contributed by atoms with Crippen molar-refractivity contribution in [3.63, 3.8) is 0 Å². The zero-order valence-electron chi connectivity index (χ0n) is 11.3. The molecule has 0 amide bonds. The molecule has 3 heteroatoms. The Labute approximate surface area is 101 Å². The van der Waals surface area contributed by atoms with Gasteiger partial charge in [0.05, 0.1) is 19.5 Å². The van der Waals surface area contributed by atoms with Crippen molar-refractivity contribution in [1.82, 2.24) is 0 Å². The van der Waals surface area contributed by atoms with Gasteiger partial charge in [0.25, 0.3) is 0 Å². The number of rotatable bonds is 7. The maximum atomic E-state index is 9.78. The van der Waals surface area contributed by atoms with Crippen molar-refractivity contribution < 1.29 is 9.84 Å². The molecule has 0 radical (unpaired) electrons. The Bertz CT molecular complexity index is 239. The van der Waals surface area contributed by atoms with Crippen LogP contribution in [0, 0.1) is 0 Å². The van der Waals surface area contributed by atoms with Crippen LogP contribution in [0.5, 0.6) is 0 Å². The van der Waals surface area contributed by atoms with E-state index in [0.717, 1.165) is 18.9 Å². The van der Waals surface area contributed by atoms with E-state index in [1.54, 1.807) is 13.4 Å². The molecular weight excluding hydrogens is 216 g/mol. The van der Waals surface area contributed by atoms with E-state index in [9.17, 15) is 5.11 Å². The normalized spacial score (nSPS) is 15.5. The molecule has 0 aromatic heterocycles. The van der Waals surface area contributed by atoms with Crippen molar-refractivity contribution in [2.45, 2.75) is 51.6 Å². The first-order valence-corrected chi connectivity index (χ1v) is 9.59. The predicted molar refractivity (Wildman–Crippen MR) is 73.3 cm³/mol. The average Bonchev–Trinajstić information content (AvgIpc) is 2.09. The van der Waals surface area contributed by atoms with Crippen LogP contribution in [0.15, 0.2) is 24.0 Å². The Morgan fingerprint density at radius 1 is 1.38 bits per heavy atom. The smallest absolute Gasteiger partial charge is 0.0784 e. The number of ether oxygens (including phenoxy) is 1. The van der Waals surface area contributed by atoms with E-state index < -0.39 is 8.07 Å². The number of methoxy groups -OCH3 is 1. The first-order valence-electron chi connectivity index (χ1n) is 5.88. The summed E-state index contributed by atoms with van der Waals surface area (Å²) < 4.78 is 4.80. The molecule has 0 rings (SSSR count). The van der Waals surface area contributed by atoms with Gasteiger partial charge in [-0.15, -0.1) is 0 Å². The Morgan fingerprint density at radius 2 is 2.00 bits per heavy atom. The largest absolute Gasteiger partial charge is 0.505 e. The van der Waals surface area contributed by atoms with Gasteiger partial charge in [0.2, 0.25) is 0 Å². The third-order valence-electron chi connectivity index (χ3n) is 2.15. The molecule has 0 heterocycles. The molecule has 0 aliphatic carbocycles. The lowest BCUT2D eigenvalue weighted by molar-refractivity contribution is 0.212. The van der Waals surface area contributed by atoms with Crippen LogP contribution in [-0.2, 0) is 4.74 Å². The van der Waals surface area contributed by atoms with Crippen LogP contribution in [0.3, 0.4) is 0 Å². The van der Waals surface area contributed by atoms with Crippen LogP contribution in [0.2, 0.25) is 25.7 Å². The van der Waals surface area contributed by atoms with Gasteiger partial charge in [-0.1, -0.05) is 31.3 Å². The Balaban J connectivity index is 3.96. The highest BCUT2D eigenvalue weighted by Gasteiger charge is 2.13. The van der Waals surface area contributed by atoms with E-state index >= 15 is 0 Å². The van der Waals surface area contributed by atoms with Crippen LogP contribution in [0.1, 0.15) is 19.8 Å². The zero-order chi connectivity index (χ0) is 12.6. The Hall–Kier alpha value is -0.543. The van der Waals surface area contributed by atoms with Gasteiger partial charge in [-0.3, -0.25) is 0 Å². The quantitative estimate of drug-likeness (QED) is 0.420. The van der Waals surface area contributed by atoms with Crippen molar-refractivity contribution >= 4 is 8.07 Å². The van der Waals surface area contributed by atoms with Crippen LogP contribution in [0.4, 0.5) is 0 Å². The minimum Gasteiger partial charge on any atom is -0.505 e. The van der Waals surface area contributed by atoms with Crippen molar-refractivity contribution in [3.05, 3.63) is 24.0 Å². The third kappa shape index (κ3) is 9.99. The van der Waals surface area contributed by atoms with Crippen molar-refractivity contribution in [2.75, 3.05) is 7.11 Å². The number of hydrogen-bond donors (Lipinski definition) is 1. The molecule has 0 aromatic rings. The van der Waals surface area contributed by atoms with E-state index in [4.69, 9.17) is 4.74 Å². The number of allylic oxidation sites excluding steroid dienone is 2. The highest BCUT2D eigenvalue weighted by Crippen LogP contribution is 2.16. The molecule has 0 aliphatic heterocycles. The first kappa shape index (κ1) is 15.5. The van der Waals surface area contributed by atoms with Gasteiger partial charge in [-0.2, -0.15) is 0 Å². The Kier molecular flexibility index (Phi) is 7.42. The summed E-state index contributed by atoms with van der Waals surface area (Å²) in [4.78, 5) is 0. The molecule has 16 heavy (non-hydrogen) atoms. The second kappa shape index (κ2) is 7.69. The summed E-state index contributed by atoms with van der Waals surface area (Å²) >= 11 is 0. The molecule has 0 aliphatic rings. The Morgan fingerprint density at radius 3 is 2.50 bits per heavy atom. The van der Waals surface area contributed by atoms with E-state index in [1.165, 1.54) is 5.57 Å². The van der Waals surface area contributed by atoms with Gasteiger partial charge in [-0.05, 0) is 31.9 Å². The second-order valence-electron chi connectivity index (χ2n) is 5.50. The summed E-state index contributed by atoms with van der Waals surface area (Å²) in [5, 5.41) is 9.78. The van der Waals surface area contributed by atoms with Gasteiger partial charge in [0, 0.05) is 8.07 Å². The standard InChI is InChI=1S/C13H26O2Si/c1-12(11-16(3,4)5)10-13(14)8-6-7-9-15-2/h7,9-10,13-14H,6,8,11H2,1-5H3/b9-7+,12-10+. The van der Waals surface area contributed by atoms with E-state index in [1.807, 2.05) is 12.2 Å². The van der Waals surface area contributed by atoms with Gasteiger partial charge in [0.15, 0.2) is 0 Å². The molecule has 0 aromatic carbocycles. The molecule has 0 saturated heterocycles. The monoisotopic (exact) mass is 242 g/mol. The number of aliphatic hydroxyl groups is 1. The third-order valence-corrected chi connectivity index (χ3v) is 3.77. The highest BCUT2D eigenvalue weighted by atomic mass is 28.3. The number of hydrogen-bond acceptors (Lipinski definition) is 2. The zero-order valence-corrected chi connectivity index (χ0v) is 12.3. The summed E-state index contributed by atoms with van der Waals surface area (Å²) in [6.07, 6.45) is 6.89. The SMILES string of the molecule is CO/C=C/CCC(O)/C=C(\C)C[Si](C)(C)C. The topological polar surface area (TPSA) is 29.5 Å². The molecule has 94 valence electrons. The predicted octanol–water partition coefficient (Wildman–Crippen LogP) is 3.57. The fourth-order valence-corrected chi connectivity index (χ4v) is 3.53. The number of aliphatic hydroxyl groups excluding tert-OH is 1. The molecule has 1 N–H and O–H groups in total. The van der Waals surface area contributed by atoms with Gasteiger partial charge in [-0.25, -0.2) is 0 Å². The molecule has 2 nitrogen and oxygen atoms in total. The van der Waals surface area contributed by atoms with E-state index in [0.29, 0.717) is 0 Å². The lowest BCUT2D eigenvalue weighted by atomic mass is 10.1. The maximum Gasteiger partial charge on any atom is 0.0784 e. The van der Waals surface area contributed by atoms with Crippen LogP contribution in [0.25, 0.3) is 0 Å². The first-order chi connectivity index (χ1) is 7.35. The van der Waals surface area contributed by atoms with Crippen LogP contribution in [-0.4, -0.2) is 26.4 Å². The molecule has 0 fully saturated rings. The van der Waals surface area contributed by atoms with Crippen molar-refractivity contribution in [3.8, 4) is 0 Å². The molecule has 1 atom stereocenters. The van der Waals surface area contributed by atoms with Gasteiger partial charge >= 0.3 is 0 Å². The highest BCUT2D eigenvalue weighted by molar-refractivity contribution is 6.76. The molecule has 1 unspecified atom stereocenters. The summed E-state index contributed by atoms with van der Waals surface area (Å²) in [6, 6.07) is 1.16. The summed E-state index contributed by atoms with van der Waals surface area (Å²) in [5.74, 6) is 0. The van der Waals surface area contributed by atoms with Crippen LogP contribution < -0.4 is 0 Å². The fraction of sp³-hybridized carbons (Fsp3) is 0.692. The van der Waals surface area contributed by atoms with Crippen molar-refractivity contribution in [1.29, 1.82) is 0 Å². The molecule has 0 bridgehead atoms. The molecule has 0 spiro atoms. The van der Waals surface area contributed by atoms with E-state index in [-0.39, 0.29) is 6.10 Å². The van der Waals surface area contributed by atoms with E-state index in [2.05, 4.69) is 26.6 Å².